The fourth-order valence-electron chi connectivity index (χ4n) is 1.88. The van der Waals surface area contributed by atoms with Crippen molar-refractivity contribution in [3.63, 3.8) is 0 Å². The van der Waals surface area contributed by atoms with Gasteiger partial charge in [-0.15, -0.1) is 0 Å². The fraction of sp³-hybridized carbons (Fsp3) is 0.588. The molecule has 5 heteroatoms. The Morgan fingerprint density at radius 3 is 2.05 bits per heavy atom. The number of nitrogens with zero attached hydrogens (tertiary/aromatic N) is 1. The molecule has 0 aliphatic carbocycles. The van der Waals surface area contributed by atoms with Gasteiger partial charge in [0.25, 0.3) is 5.91 Å². The summed E-state index contributed by atoms with van der Waals surface area (Å²) in [4.78, 5) is 14.0. The predicted octanol–water partition coefficient (Wildman–Crippen LogP) is 1.71. The molecule has 0 saturated heterocycles. The minimum absolute atomic E-state index is 0.0503. The molecule has 0 bridgehead atoms. The van der Waals surface area contributed by atoms with E-state index in [1.165, 1.54) is 0 Å². The highest BCUT2D eigenvalue weighted by atomic mass is 16.5. The third kappa shape index (κ3) is 4.58. The highest BCUT2D eigenvalue weighted by Gasteiger charge is 2.35. The molecule has 1 aromatic rings. The molecule has 0 aliphatic rings. The maximum absolute atomic E-state index is 12.2. The zero-order valence-corrected chi connectivity index (χ0v) is 14.6. The van der Waals surface area contributed by atoms with Crippen LogP contribution in [0.5, 0.6) is 0 Å². The molecule has 0 radical (unpaired) electrons. The van der Waals surface area contributed by atoms with Crippen molar-refractivity contribution in [2.75, 3.05) is 13.1 Å². The standard InChI is InChI=1S/C17H28BNO3/c1-7-19(8-2)15(20)13-9-11-14(12-10-13)18-22-17(5,6)16(3,4)21/h9-12,18,21H,7-8H2,1-6H3. The molecule has 1 N–H and O–H groups in total. The highest BCUT2D eigenvalue weighted by Crippen LogP contribution is 2.24. The van der Waals surface area contributed by atoms with Crippen LogP contribution in [0.2, 0.25) is 0 Å². The average Bonchev–Trinajstić information content (AvgIpc) is 2.45. The van der Waals surface area contributed by atoms with Gasteiger partial charge >= 0.3 is 7.48 Å². The molecule has 4 nitrogen and oxygen atoms in total. The lowest BCUT2D eigenvalue weighted by atomic mass is 9.82. The number of hydrogen-bond acceptors (Lipinski definition) is 3. The summed E-state index contributed by atoms with van der Waals surface area (Å²) >= 11 is 0. The van der Waals surface area contributed by atoms with E-state index in [-0.39, 0.29) is 5.91 Å². The normalized spacial score (nSPS) is 12.1. The Bertz CT molecular complexity index is 488. The molecular weight excluding hydrogens is 277 g/mol. The first-order valence-corrected chi connectivity index (χ1v) is 7.87. The lowest BCUT2D eigenvalue weighted by Crippen LogP contribution is -2.49. The van der Waals surface area contributed by atoms with E-state index < -0.39 is 11.2 Å². The van der Waals surface area contributed by atoms with Gasteiger partial charge < -0.3 is 14.7 Å². The predicted molar refractivity (Wildman–Crippen MR) is 91.9 cm³/mol. The van der Waals surface area contributed by atoms with E-state index in [1.54, 1.807) is 18.7 Å². The van der Waals surface area contributed by atoms with E-state index in [0.717, 1.165) is 5.46 Å². The van der Waals surface area contributed by atoms with Gasteiger partial charge in [-0.25, -0.2) is 0 Å². The van der Waals surface area contributed by atoms with Crippen molar-refractivity contribution in [3.8, 4) is 0 Å². The molecule has 1 aromatic carbocycles. The Morgan fingerprint density at radius 1 is 1.14 bits per heavy atom. The second kappa shape index (κ2) is 7.29. The van der Waals surface area contributed by atoms with Crippen molar-refractivity contribution in [1.29, 1.82) is 0 Å². The molecule has 0 heterocycles. The van der Waals surface area contributed by atoms with Crippen LogP contribution in [0.25, 0.3) is 0 Å². The second-order valence-electron chi connectivity index (χ2n) is 6.53. The quantitative estimate of drug-likeness (QED) is 0.780. The van der Waals surface area contributed by atoms with E-state index in [2.05, 4.69) is 0 Å². The molecule has 1 amide bonds. The van der Waals surface area contributed by atoms with Gasteiger partial charge in [0.05, 0.1) is 11.2 Å². The first-order valence-electron chi connectivity index (χ1n) is 7.87. The molecule has 0 saturated carbocycles. The summed E-state index contributed by atoms with van der Waals surface area (Å²) in [6.07, 6.45) is 0. The smallest absolute Gasteiger partial charge is 0.309 e. The lowest BCUT2D eigenvalue weighted by molar-refractivity contribution is -0.0893. The van der Waals surface area contributed by atoms with Gasteiger partial charge in [0, 0.05) is 18.7 Å². The number of carbonyl (C=O) groups excluding carboxylic acids is 1. The van der Waals surface area contributed by atoms with E-state index in [1.807, 2.05) is 52.0 Å². The van der Waals surface area contributed by atoms with Crippen molar-refractivity contribution in [2.45, 2.75) is 52.7 Å². The SMILES string of the molecule is CCN(CC)C(=O)c1ccc(BOC(C)(C)C(C)(C)O)cc1. The summed E-state index contributed by atoms with van der Waals surface area (Å²) < 4.78 is 5.82. The number of aliphatic hydroxyl groups is 1. The van der Waals surface area contributed by atoms with Crippen molar-refractivity contribution in [1.82, 2.24) is 4.90 Å². The summed E-state index contributed by atoms with van der Waals surface area (Å²) in [5.74, 6) is 0.0503. The number of carbonyl (C=O) groups is 1. The Balaban J connectivity index is 2.72. The largest absolute Gasteiger partial charge is 0.427 e. The van der Waals surface area contributed by atoms with Crippen LogP contribution in [0.3, 0.4) is 0 Å². The highest BCUT2D eigenvalue weighted by molar-refractivity contribution is 6.47. The Hall–Kier alpha value is -1.33. The Morgan fingerprint density at radius 2 is 1.64 bits per heavy atom. The van der Waals surface area contributed by atoms with Crippen LogP contribution < -0.4 is 5.46 Å². The van der Waals surface area contributed by atoms with Gasteiger partial charge in [0.1, 0.15) is 0 Å². The molecule has 122 valence electrons. The molecule has 1 rings (SSSR count). The van der Waals surface area contributed by atoms with Crippen molar-refractivity contribution in [3.05, 3.63) is 29.8 Å². The summed E-state index contributed by atoms with van der Waals surface area (Å²) in [5.41, 5.74) is 0.0941. The number of rotatable bonds is 7. The minimum atomic E-state index is -0.925. The monoisotopic (exact) mass is 305 g/mol. The Kier molecular flexibility index (Phi) is 6.21. The summed E-state index contributed by atoms with van der Waals surface area (Å²) in [6.45, 7) is 12.6. The van der Waals surface area contributed by atoms with Crippen molar-refractivity contribution in [2.24, 2.45) is 0 Å². The van der Waals surface area contributed by atoms with Crippen LogP contribution in [-0.2, 0) is 4.65 Å². The average molecular weight is 305 g/mol. The van der Waals surface area contributed by atoms with Crippen LogP contribution >= 0.6 is 0 Å². The molecule has 0 aromatic heterocycles. The van der Waals surface area contributed by atoms with Gasteiger partial charge in [0.2, 0.25) is 0 Å². The first-order chi connectivity index (χ1) is 10.1. The molecule has 0 unspecified atom stereocenters. The second-order valence-corrected chi connectivity index (χ2v) is 6.53. The van der Waals surface area contributed by atoms with Crippen LogP contribution in [0.4, 0.5) is 0 Å². The van der Waals surface area contributed by atoms with E-state index in [4.69, 9.17) is 4.65 Å². The van der Waals surface area contributed by atoms with Gasteiger partial charge in [-0.3, -0.25) is 4.79 Å². The third-order valence-electron chi connectivity index (χ3n) is 4.32. The van der Waals surface area contributed by atoms with Crippen LogP contribution in [0.15, 0.2) is 24.3 Å². The maximum atomic E-state index is 12.2. The first kappa shape index (κ1) is 18.7. The van der Waals surface area contributed by atoms with Gasteiger partial charge in [0.15, 0.2) is 0 Å². The van der Waals surface area contributed by atoms with E-state index in [0.29, 0.717) is 26.1 Å². The molecule has 0 fully saturated rings. The van der Waals surface area contributed by atoms with Gasteiger partial charge in [-0.2, -0.15) is 0 Å². The topological polar surface area (TPSA) is 49.8 Å². The molecule has 0 spiro atoms. The summed E-state index contributed by atoms with van der Waals surface area (Å²) in [5, 5.41) is 10.1. The number of hydrogen-bond donors (Lipinski definition) is 1. The Labute approximate surface area is 134 Å². The van der Waals surface area contributed by atoms with Gasteiger partial charge in [-0.05, 0) is 53.7 Å². The van der Waals surface area contributed by atoms with Crippen molar-refractivity contribution >= 4 is 18.9 Å². The molecule has 22 heavy (non-hydrogen) atoms. The van der Waals surface area contributed by atoms with Gasteiger partial charge in [-0.1, -0.05) is 17.6 Å². The zero-order valence-electron chi connectivity index (χ0n) is 14.6. The maximum Gasteiger partial charge on any atom is 0.309 e. The van der Waals surface area contributed by atoms with Crippen LogP contribution in [0.1, 0.15) is 51.9 Å². The molecule has 0 atom stereocenters. The van der Waals surface area contributed by atoms with Crippen LogP contribution in [0, 0.1) is 0 Å². The number of benzene rings is 1. The molecular formula is C17H28BNO3. The lowest BCUT2D eigenvalue weighted by Gasteiger charge is -2.37. The summed E-state index contributed by atoms with van der Waals surface area (Å²) in [6, 6.07) is 7.46. The fourth-order valence-corrected chi connectivity index (χ4v) is 1.88. The third-order valence-corrected chi connectivity index (χ3v) is 4.32. The minimum Gasteiger partial charge on any atom is -0.427 e. The van der Waals surface area contributed by atoms with E-state index in [9.17, 15) is 9.90 Å². The van der Waals surface area contributed by atoms with Crippen molar-refractivity contribution < 1.29 is 14.6 Å². The molecule has 0 aliphatic heterocycles. The number of amides is 1. The zero-order chi connectivity index (χ0) is 17.0. The van der Waals surface area contributed by atoms with E-state index >= 15 is 0 Å². The summed E-state index contributed by atoms with van der Waals surface area (Å²) in [7, 11) is 0.400. The van der Waals surface area contributed by atoms with Crippen LogP contribution in [-0.4, -0.2) is 47.7 Å².